The minimum atomic E-state index is -0.809. The van der Waals surface area contributed by atoms with Crippen LogP contribution >= 0.6 is 15.9 Å². The maximum absolute atomic E-state index is 11.8. The van der Waals surface area contributed by atoms with Gasteiger partial charge in [-0.2, -0.15) is 0 Å². The number of alkyl halides is 1. The fourth-order valence-corrected chi connectivity index (χ4v) is 3.82. The predicted octanol–water partition coefficient (Wildman–Crippen LogP) is 3.59. The van der Waals surface area contributed by atoms with Crippen LogP contribution in [0, 0.1) is 0 Å². The Hall–Kier alpha value is -3.59. The number of carbonyl (C=O) groups excluding carboxylic acids is 4. The molecule has 2 aromatic carbocycles. The number of carboxylic acids is 1. The van der Waals surface area contributed by atoms with E-state index in [9.17, 15) is 24.0 Å². The molecule has 0 radical (unpaired) electrons. The smallest absolute Gasteiger partial charge is 0.303 e. The van der Waals surface area contributed by atoms with E-state index >= 15 is 0 Å². The maximum atomic E-state index is 11.8. The Morgan fingerprint density at radius 1 is 0.824 bits per heavy atom. The van der Waals surface area contributed by atoms with E-state index in [1.807, 2.05) is 0 Å². The molecule has 9 heteroatoms. The predicted molar refractivity (Wildman–Crippen MR) is 129 cm³/mol. The molecule has 4 rings (SSSR count). The average Bonchev–Trinajstić information content (AvgIpc) is 3.29. The van der Waals surface area contributed by atoms with Crippen LogP contribution in [0.25, 0.3) is 0 Å². The van der Waals surface area contributed by atoms with E-state index in [1.165, 1.54) is 17.1 Å². The number of aliphatic carboxylic acids is 1. The summed E-state index contributed by atoms with van der Waals surface area (Å²) in [4.78, 5) is 59.4. The number of halogens is 1. The van der Waals surface area contributed by atoms with Crippen LogP contribution in [0.15, 0.2) is 60.7 Å². The highest BCUT2D eigenvalue weighted by atomic mass is 79.9. The van der Waals surface area contributed by atoms with E-state index in [1.54, 1.807) is 48.5 Å². The number of rotatable bonds is 8. The monoisotopic (exact) mass is 526 g/mol. The minimum Gasteiger partial charge on any atom is -0.481 e. The molecule has 2 heterocycles. The zero-order chi connectivity index (χ0) is 24.7. The number of hydrogen-bond donors (Lipinski definition) is 1. The Labute approximate surface area is 205 Å². The van der Waals surface area contributed by atoms with Crippen LogP contribution in [0.5, 0.6) is 0 Å². The van der Waals surface area contributed by atoms with Crippen molar-refractivity contribution in [3.63, 3.8) is 0 Å². The van der Waals surface area contributed by atoms with Crippen molar-refractivity contribution >= 4 is 51.2 Å². The van der Waals surface area contributed by atoms with Gasteiger partial charge in [0, 0.05) is 30.4 Å². The topological polar surface area (TPSA) is 112 Å². The fourth-order valence-electron chi connectivity index (χ4n) is 3.57. The second kappa shape index (κ2) is 11.5. The largest absolute Gasteiger partial charge is 0.481 e. The second-order valence-corrected chi connectivity index (χ2v) is 8.40. The third-order valence-corrected chi connectivity index (χ3v) is 5.81. The number of aryl methyl sites for hydroxylation is 1. The molecule has 1 N–H and O–H groups in total. The molecule has 176 valence electrons. The number of carbonyl (C=O) groups is 5. The third kappa shape index (κ3) is 5.85. The van der Waals surface area contributed by atoms with E-state index in [4.69, 9.17) is 5.11 Å². The van der Waals surface area contributed by atoms with Crippen molar-refractivity contribution in [2.75, 3.05) is 16.8 Å². The number of nitrogens with zero attached hydrogens (tertiary/aromatic N) is 2. The summed E-state index contributed by atoms with van der Waals surface area (Å²) < 4.78 is 0. The summed E-state index contributed by atoms with van der Waals surface area (Å²) in [5.74, 6) is -1.84. The number of anilines is 1. The van der Waals surface area contributed by atoms with Crippen LogP contribution in [0.2, 0.25) is 0 Å². The molecule has 0 bridgehead atoms. The Bertz CT molecular complexity index is 1090. The van der Waals surface area contributed by atoms with Gasteiger partial charge in [-0.15, -0.1) is 0 Å². The summed E-state index contributed by atoms with van der Waals surface area (Å²) >= 11 is 3.28. The Morgan fingerprint density at radius 2 is 1.38 bits per heavy atom. The summed E-state index contributed by atoms with van der Waals surface area (Å²) in [5, 5.41) is 9.34. The van der Waals surface area contributed by atoms with Crippen LogP contribution in [-0.4, -0.2) is 51.5 Å². The standard InChI is InChI=1S/C14H13NO4.C11H10BrNO2/c16-12-8-9-13(17)15(12)11-6-4-10(5-7-11)2-1-3-14(18)19;12-6-3-7-13-10(14)8-4-1-2-5-9(8)11(13)15/h4-9H,1-3H2,(H,18,19);1-2,4-5H,3,6-7H2. The van der Waals surface area contributed by atoms with Gasteiger partial charge in [-0.05, 0) is 49.1 Å². The molecule has 0 fully saturated rings. The number of fused-ring (bicyclic) bond motifs is 1. The number of amides is 4. The van der Waals surface area contributed by atoms with E-state index in [-0.39, 0.29) is 30.0 Å². The molecular weight excluding hydrogens is 504 g/mol. The fraction of sp³-hybridized carbons (Fsp3) is 0.240. The lowest BCUT2D eigenvalue weighted by atomic mass is 10.1. The van der Waals surface area contributed by atoms with Gasteiger partial charge in [-0.25, -0.2) is 4.90 Å². The molecule has 4 amide bonds. The van der Waals surface area contributed by atoms with Crippen LogP contribution in [0.3, 0.4) is 0 Å². The molecule has 8 nitrogen and oxygen atoms in total. The van der Waals surface area contributed by atoms with Crippen molar-refractivity contribution in [3.05, 3.63) is 77.4 Å². The molecule has 34 heavy (non-hydrogen) atoms. The highest BCUT2D eigenvalue weighted by Gasteiger charge is 2.34. The molecule has 2 aliphatic rings. The first kappa shape index (κ1) is 25.0. The summed E-state index contributed by atoms with van der Waals surface area (Å²) in [5.41, 5.74) is 2.56. The van der Waals surface area contributed by atoms with Crippen molar-refractivity contribution in [3.8, 4) is 0 Å². The molecule has 0 unspecified atom stereocenters. The molecular formula is C25H23BrN2O6. The zero-order valence-corrected chi connectivity index (χ0v) is 19.9. The average molecular weight is 527 g/mol. The van der Waals surface area contributed by atoms with Crippen LogP contribution in [0.4, 0.5) is 5.69 Å². The molecule has 2 aliphatic heterocycles. The van der Waals surface area contributed by atoms with E-state index in [0.29, 0.717) is 36.2 Å². The lowest BCUT2D eigenvalue weighted by Crippen LogP contribution is -2.30. The Morgan fingerprint density at radius 3 is 1.88 bits per heavy atom. The van der Waals surface area contributed by atoms with Crippen molar-refractivity contribution in [2.45, 2.75) is 25.7 Å². The zero-order valence-electron chi connectivity index (χ0n) is 18.3. The highest BCUT2D eigenvalue weighted by Crippen LogP contribution is 2.22. The van der Waals surface area contributed by atoms with Gasteiger partial charge in [-0.1, -0.05) is 40.2 Å². The Balaban J connectivity index is 0.000000196. The molecule has 0 spiro atoms. The van der Waals surface area contributed by atoms with Crippen LogP contribution in [0.1, 0.15) is 45.5 Å². The highest BCUT2D eigenvalue weighted by molar-refractivity contribution is 9.09. The van der Waals surface area contributed by atoms with Gasteiger partial charge in [0.05, 0.1) is 16.8 Å². The van der Waals surface area contributed by atoms with Gasteiger partial charge in [-0.3, -0.25) is 28.9 Å². The van der Waals surface area contributed by atoms with E-state index in [2.05, 4.69) is 15.9 Å². The van der Waals surface area contributed by atoms with E-state index < -0.39 is 5.97 Å². The molecule has 0 aliphatic carbocycles. The van der Waals surface area contributed by atoms with Gasteiger partial charge in [0.25, 0.3) is 23.6 Å². The molecule has 0 saturated carbocycles. The SMILES string of the molecule is O=C(O)CCCc1ccc(N2C(=O)C=CC2=O)cc1.O=C1c2ccccc2C(=O)N1CCCBr. The number of benzene rings is 2. The van der Waals surface area contributed by atoms with Gasteiger partial charge >= 0.3 is 5.97 Å². The second-order valence-electron chi connectivity index (χ2n) is 7.61. The third-order valence-electron chi connectivity index (χ3n) is 5.25. The molecule has 0 aromatic heterocycles. The first-order valence-corrected chi connectivity index (χ1v) is 11.8. The quantitative estimate of drug-likeness (QED) is 0.415. The molecule has 2 aromatic rings. The Kier molecular flexibility index (Phi) is 8.48. The maximum Gasteiger partial charge on any atom is 0.303 e. The van der Waals surface area contributed by atoms with Gasteiger partial charge < -0.3 is 5.11 Å². The van der Waals surface area contributed by atoms with E-state index in [0.717, 1.165) is 22.2 Å². The van der Waals surface area contributed by atoms with Gasteiger partial charge in [0.15, 0.2) is 0 Å². The number of carboxylic acid groups (broad SMARTS) is 1. The first-order valence-electron chi connectivity index (χ1n) is 10.7. The summed E-state index contributed by atoms with van der Waals surface area (Å²) in [6, 6.07) is 13.9. The van der Waals surface area contributed by atoms with Crippen LogP contribution < -0.4 is 4.90 Å². The number of hydrogen-bond acceptors (Lipinski definition) is 5. The van der Waals surface area contributed by atoms with Gasteiger partial charge in [0.1, 0.15) is 0 Å². The van der Waals surface area contributed by atoms with Gasteiger partial charge in [0.2, 0.25) is 0 Å². The van der Waals surface area contributed by atoms with Crippen LogP contribution in [-0.2, 0) is 20.8 Å². The molecule has 0 saturated heterocycles. The normalized spacial score (nSPS) is 14.4. The lowest BCUT2D eigenvalue weighted by molar-refractivity contribution is -0.137. The summed E-state index contributed by atoms with van der Waals surface area (Å²) in [7, 11) is 0. The van der Waals surface area contributed by atoms with Crippen molar-refractivity contribution in [1.29, 1.82) is 0 Å². The molecule has 0 atom stereocenters. The van der Waals surface area contributed by atoms with Crippen molar-refractivity contribution in [1.82, 2.24) is 4.90 Å². The van der Waals surface area contributed by atoms with Crippen molar-refractivity contribution in [2.24, 2.45) is 0 Å². The summed E-state index contributed by atoms with van der Waals surface area (Å²) in [6.07, 6.45) is 4.62. The number of imide groups is 2. The minimum absolute atomic E-state index is 0.134. The lowest BCUT2D eigenvalue weighted by Gasteiger charge is -2.14. The summed E-state index contributed by atoms with van der Waals surface area (Å²) in [6.45, 7) is 0.484. The van der Waals surface area contributed by atoms with Crippen molar-refractivity contribution < 1.29 is 29.1 Å². The first-order chi connectivity index (χ1) is 16.3.